The van der Waals surface area contributed by atoms with Crippen LogP contribution in [-0.4, -0.2) is 34.4 Å². The highest BCUT2D eigenvalue weighted by molar-refractivity contribution is 9.10. The van der Waals surface area contributed by atoms with Crippen LogP contribution in [-0.2, 0) is 0 Å². The molecule has 0 fully saturated rings. The monoisotopic (exact) mass is 308 g/mol. The molecule has 1 rings (SSSR count). The standard InChI is InChI=1S/C10H14BrClN2O2/c1-6(15)4-13-5-8(16)7-2-9(11)14-10(12)3-7/h2-3,6,8,13,15-16H,4-5H2,1H3/t6-,8?/m0/s1. The van der Waals surface area contributed by atoms with Crippen molar-refractivity contribution in [3.05, 3.63) is 27.5 Å². The Morgan fingerprint density at radius 3 is 2.69 bits per heavy atom. The summed E-state index contributed by atoms with van der Waals surface area (Å²) >= 11 is 8.97. The van der Waals surface area contributed by atoms with Gasteiger partial charge in [-0.2, -0.15) is 0 Å². The maximum absolute atomic E-state index is 9.83. The average molecular weight is 310 g/mol. The maximum atomic E-state index is 9.83. The number of aliphatic hydroxyl groups is 2. The van der Waals surface area contributed by atoms with Crippen molar-refractivity contribution in [2.24, 2.45) is 0 Å². The number of nitrogens with one attached hydrogen (secondary N) is 1. The van der Waals surface area contributed by atoms with E-state index in [0.29, 0.717) is 28.4 Å². The molecule has 0 spiro atoms. The molecule has 0 saturated carbocycles. The summed E-state index contributed by atoms with van der Waals surface area (Å²) in [6.07, 6.45) is -1.10. The predicted octanol–water partition coefficient (Wildman–Crippen LogP) is 1.50. The molecule has 1 unspecified atom stereocenters. The molecule has 90 valence electrons. The van der Waals surface area contributed by atoms with Crippen LogP contribution in [0.5, 0.6) is 0 Å². The van der Waals surface area contributed by atoms with Gasteiger partial charge in [0.1, 0.15) is 9.76 Å². The van der Waals surface area contributed by atoms with Gasteiger partial charge in [-0.15, -0.1) is 0 Å². The highest BCUT2D eigenvalue weighted by Crippen LogP contribution is 2.20. The van der Waals surface area contributed by atoms with Crippen molar-refractivity contribution in [3.63, 3.8) is 0 Å². The summed E-state index contributed by atoms with van der Waals surface area (Å²) in [6, 6.07) is 3.32. The van der Waals surface area contributed by atoms with Gasteiger partial charge >= 0.3 is 0 Å². The van der Waals surface area contributed by atoms with Gasteiger partial charge in [-0.1, -0.05) is 11.6 Å². The summed E-state index contributed by atoms with van der Waals surface area (Å²) in [5.41, 5.74) is 0.685. The van der Waals surface area contributed by atoms with Crippen molar-refractivity contribution in [3.8, 4) is 0 Å². The fraction of sp³-hybridized carbons (Fsp3) is 0.500. The maximum Gasteiger partial charge on any atom is 0.130 e. The van der Waals surface area contributed by atoms with Crippen LogP contribution in [0.1, 0.15) is 18.6 Å². The van der Waals surface area contributed by atoms with Crippen molar-refractivity contribution < 1.29 is 10.2 Å². The van der Waals surface area contributed by atoms with Crippen LogP contribution in [0.4, 0.5) is 0 Å². The Bertz CT molecular complexity index is 329. The second-order valence-corrected chi connectivity index (χ2v) is 4.77. The van der Waals surface area contributed by atoms with Gasteiger partial charge in [0.05, 0.1) is 12.2 Å². The number of nitrogens with zero attached hydrogens (tertiary/aromatic N) is 1. The average Bonchev–Trinajstić information content (AvgIpc) is 2.15. The Balaban J connectivity index is 2.55. The van der Waals surface area contributed by atoms with E-state index >= 15 is 0 Å². The fourth-order valence-electron chi connectivity index (χ4n) is 1.22. The van der Waals surface area contributed by atoms with Crippen LogP contribution in [0.2, 0.25) is 5.15 Å². The van der Waals surface area contributed by atoms with Crippen LogP contribution >= 0.6 is 27.5 Å². The zero-order valence-electron chi connectivity index (χ0n) is 8.82. The van der Waals surface area contributed by atoms with Crippen molar-refractivity contribution >= 4 is 27.5 Å². The molecule has 0 aliphatic rings. The third kappa shape index (κ3) is 4.76. The fourth-order valence-corrected chi connectivity index (χ4v) is 2.00. The van der Waals surface area contributed by atoms with E-state index in [0.717, 1.165) is 0 Å². The number of aromatic nitrogens is 1. The number of aliphatic hydroxyl groups excluding tert-OH is 2. The molecule has 6 heteroatoms. The molecule has 16 heavy (non-hydrogen) atoms. The van der Waals surface area contributed by atoms with Crippen molar-refractivity contribution in [1.82, 2.24) is 10.3 Å². The first-order chi connectivity index (χ1) is 7.49. The van der Waals surface area contributed by atoms with Gasteiger partial charge in [0.15, 0.2) is 0 Å². The molecule has 0 aliphatic heterocycles. The topological polar surface area (TPSA) is 65.4 Å². The number of pyridine rings is 1. The molecule has 0 radical (unpaired) electrons. The smallest absolute Gasteiger partial charge is 0.130 e. The largest absolute Gasteiger partial charge is 0.392 e. The molecule has 1 aromatic heterocycles. The first-order valence-corrected chi connectivity index (χ1v) is 6.06. The van der Waals surface area contributed by atoms with Gasteiger partial charge in [-0.05, 0) is 40.5 Å². The first-order valence-electron chi connectivity index (χ1n) is 4.89. The Labute approximate surface area is 108 Å². The SMILES string of the molecule is C[C@H](O)CNCC(O)c1cc(Cl)nc(Br)c1. The van der Waals surface area contributed by atoms with E-state index in [2.05, 4.69) is 26.2 Å². The summed E-state index contributed by atoms with van der Waals surface area (Å²) in [7, 11) is 0. The number of hydrogen-bond acceptors (Lipinski definition) is 4. The van der Waals surface area contributed by atoms with Crippen molar-refractivity contribution in [2.45, 2.75) is 19.1 Å². The normalized spacial score (nSPS) is 14.8. The third-order valence-corrected chi connectivity index (χ3v) is 2.55. The quantitative estimate of drug-likeness (QED) is 0.721. The minimum absolute atomic E-state index is 0.332. The summed E-state index contributed by atoms with van der Waals surface area (Å²) in [5, 5.41) is 22.1. The Kier molecular flexibility index (Phi) is 5.64. The van der Waals surface area contributed by atoms with Gasteiger partial charge < -0.3 is 15.5 Å². The van der Waals surface area contributed by atoms with Crippen LogP contribution in [0.25, 0.3) is 0 Å². The number of halogens is 2. The lowest BCUT2D eigenvalue weighted by molar-refractivity contribution is 0.154. The van der Waals surface area contributed by atoms with Crippen LogP contribution in [0.3, 0.4) is 0 Å². The van der Waals surface area contributed by atoms with Crippen molar-refractivity contribution in [1.29, 1.82) is 0 Å². The van der Waals surface area contributed by atoms with E-state index in [1.165, 1.54) is 0 Å². The lowest BCUT2D eigenvalue weighted by atomic mass is 10.1. The van der Waals surface area contributed by atoms with E-state index < -0.39 is 12.2 Å². The van der Waals surface area contributed by atoms with Crippen molar-refractivity contribution in [2.75, 3.05) is 13.1 Å². The Hall–Kier alpha value is -0.200. The number of hydrogen-bond donors (Lipinski definition) is 3. The lowest BCUT2D eigenvalue weighted by Gasteiger charge is -2.13. The third-order valence-electron chi connectivity index (χ3n) is 1.95. The van der Waals surface area contributed by atoms with Crippen LogP contribution in [0.15, 0.2) is 16.7 Å². The summed E-state index contributed by atoms with van der Waals surface area (Å²) in [4.78, 5) is 3.94. The molecule has 1 aromatic rings. The van der Waals surface area contributed by atoms with E-state index in [1.54, 1.807) is 19.1 Å². The molecule has 0 amide bonds. The van der Waals surface area contributed by atoms with E-state index in [4.69, 9.17) is 16.7 Å². The molecule has 2 atom stereocenters. The molecule has 4 nitrogen and oxygen atoms in total. The molecule has 0 aromatic carbocycles. The first kappa shape index (κ1) is 13.9. The molecular formula is C10H14BrClN2O2. The van der Waals surface area contributed by atoms with E-state index in [1.807, 2.05) is 0 Å². The highest BCUT2D eigenvalue weighted by atomic mass is 79.9. The summed E-state index contributed by atoms with van der Waals surface area (Å²) in [5.74, 6) is 0. The zero-order valence-corrected chi connectivity index (χ0v) is 11.2. The van der Waals surface area contributed by atoms with Crippen LogP contribution in [0, 0.1) is 0 Å². The molecule has 0 aliphatic carbocycles. The lowest BCUT2D eigenvalue weighted by Crippen LogP contribution is -2.28. The Morgan fingerprint density at radius 1 is 1.44 bits per heavy atom. The molecule has 1 heterocycles. The summed E-state index contributed by atoms with van der Waals surface area (Å²) < 4.78 is 0.588. The Morgan fingerprint density at radius 2 is 2.12 bits per heavy atom. The van der Waals surface area contributed by atoms with Gasteiger partial charge in [0.2, 0.25) is 0 Å². The molecule has 3 N–H and O–H groups in total. The minimum atomic E-state index is -0.671. The number of rotatable bonds is 5. The predicted molar refractivity (Wildman–Crippen MR) is 66.5 cm³/mol. The molecular weight excluding hydrogens is 295 g/mol. The summed E-state index contributed by atoms with van der Waals surface area (Å²) in [6.45, 7) is 2.48. The molecule has 0 saturated heterocycles. The minimum Gasteiger partial charge on any atom is -0.392 e. The zero-order chi connectivity index (χ0) is 12.1. The van der Waals surface area contributed by atoms with Gasteiger partial charge in [-0.3, -0.25) is 0 Å². The van der Waals surface area contributed by atoms with E-state index in [-0.39, 0.29) is 0 Å². The highest BCUT2D eigenvalue weighted by Gasteiger charge is 2.09. The van der Waals surface area contributed by atoms with Crippen LogP contribution < -0.4 is 5.32 Å². The van der Waals surface area contributed by atoms with Gasteiger partial charge in [0.25, 0.3) is 0 Å². The van der Waals surface area contributed by atoms with Gasteiger partial charge in [0, 0.05) is 13.1 Å². The second kappa shape index (κ2) is 6.51. The molecule has 0 bridgehead atoms. The second-order valence-electron chi connectivity index (χ2n) is 3.57. The van der Waals surface area contributed by atoms with Gasteiger partial charge in [-0.25, -0.2) is 4.98 Å². The van der Waals surface area contributed by atoms with E-state index in [9.17, 15) is 5.11 Å².